The molecule has 0 N–H and O–H groups in total. The standard InChI is InChI=1S/C25H33N5O/c1-19-9-8-14-30-22(18-29-16-13-21(17-29)27(2)3)23(26-24(19)30)25(31)28(4)15-12-20-10-6-5-7-11-20/h5-11,14,21H,12-13,15-18H2,1-4H3/t21-/m1/s1. The topological polar surface area (TPSA) is 44.1 Å². The number of carbonyl (C=O) groups is 1. The maximum atomic E-state index is 13.4. The molecule has 6 heteroatoms. The molecule has 0 radical (unpaired) electrons. The number of pyridine rings is 1. The number of likely N-dealkylation sites (tertiary alicyclic amines) is 1. The number of aromatic nitrogens is 2. The highest BCUT2D eigenvalue weighted by molar-refractivity contribution is 5.94. The molecule has 1 aliphatic heterocycles. The number of aryl methyl sites for hydroxylation is 1. The zero-order chi connectivity index (χ0) is 22.0. The summed E-state index contributed by atoms with van der Waals surface area (Å²) in [6, 6.07) is 15.0. The van der Waals surface area contributed by atoms with Gasteiger partial charge in [0.2, 0.25) is 0 Å². The Morgan fingerprint density at radius 3 is 2.61 bits per heavy atom. The van der Waals surface area contributed by atoms with Crippen LogP contribution in [-0.2, 0) is 13.0 Å². The summed E-state index contributed by atoms with van der Waals surface area (Å²) in [6.07, 6.45) is 4.02. The number of likely N-dealkylation sites (N-methyl/N-ethyl adjacent to an activating group) is 2. The molecule has 0 unspecified atom stereocenters. The van der Waals surface area contributed by atoms with Crippen molar-refractivity contribution in [2.24, 2.45) is 0 Å². The Morgan fingerprint density at radius 1 is 1.13 bits per heavy atom. The van der Waals surface area contributed by atoms with Crippen molar-refractivity contribution in [3.8, 4) is 0 Å². The van der Waals surface area contributed by atoms with E-state index in [1.54, 1.807) is 4.90 Å². The molecule has 3 aromatic rings. The van der Waals surface area contributed by atoms with Gasteiger partial charge in [0.15, 0.2) is 5.69 Å². The molecule has 0 bridgehead atoms. The van der Waals surface area contributed by atoms with Gasteiger partial charge in [0.25, 0.3) is 5.91 Å². The number of imidazole rings is 1. The van der Waals surface area contributed by atoms with Gasteiger partial charge < -0.3 is 14.2 Å². The molecule has 0 aliphatic carbocycles. The lowest BCUT2D eigenvalue weighted by Gasteiger charge is -2.21. The Balaban J connectivity index is 1.58. The van der Waals surface area contributed by atoms with E-state index < -0.39 is 0 Å². The van der Waals surface area contributed by atoms with E-state index in [1.165, 1.54) is 5.56 Å². The number of carbonyl (C=O) groups excluding carboxylic acids is 1. The van der Waals surface area contributed by atoms with Crippen molar-refractivity contribution in [3.05, 3.63) is 71.2 Å². The second-order valence-electron chi connectivity index (χ2n) is 8.90. The summed E-state index contributed by atoms with van der Waals surface area (Å²) >= 11 is 0. The minimum Gasteiger partial charge on any atom is -0.340 e. The lowest BCUT2D eigenvalue weighted by Crippen LogP contribution is -2.33. The van der Waals surface area contributed by atoms with Crippen molar-refractivity contribution in [2.75, 3.05) is 40.8 Å². The van der Waals surface area contributed by atoms with Crippen LogP contribution in [0, 0.1) is 6.92 Å². The number of hydrogen-bond acceptors (Lipinski definition) is 4. The molecular formula is C25H33N5O. The maximum Gasteiger partial charge on any atom is 0.274 e. The van der Waals surface area contributed by atoms with E-state index in [0.29, 0.717) is 18.3 Å². The molecule has 0 spiro atoms. The van der Waals surface area contributed by atoms with Crippen LogP contribution in [0.15, 0.2) is 48.7 Å². The summed E-state index contributed by atoms with van der Waals surface area (Å²) in [5, 5.41) is 0. The molecule has 1 saturated heterocycles. The van der Waals surface area contributed by atoms with Crippen LogP contribution >= 0.6 is 0 Å². The normalized spacial score (nSPS) is 17.0. The summed E-state index contributed by atoms with van der Waals surface area (Å²) in [5.74, 6) is -0.00242. The lowest BCUT2D eigenvalue weighted by molar-refractivity contribution is 0.0789. The van der Waals surface area contributed by atoms with Crippen LogP contribution in [0.2, 0.25) is 0 Å². The summed E-state index contributed by atoms with van der Waals surface area (Å²) in [7, 11) is 6.16. The average molecular weight is 420 g/mol. The first kappa shape index (κ1) is 21.5. The van der Waals surface area contributed by atoms with Crippen LogP contribution in [0.25, 0.3) is 5.65 Å². The van der Waals surface area contributed by atoms with Crippen LogP contribution in [0.3, 0.4) is 0 Å². The van der Waals surface area contributed by atoms with E-state index in [-0.39, 0.29) is 5.91 Å². The van der Waals surface area contributed by atoms with Gasteiger partial charge in [-0.05, 0) is 51.1 Å². The van der Waals surface area contributed by atoms with Crippen molar-refractivity contribution in [1.29, 1.82) is 0 Å². The zero-order valence-corrected chi connectivity index (χ0v) is 19.1. The van der Waals surface area contributed by atoms with E-state index in [9.17, 15) is 4.79 Å². The highest BCUT2D eigenvalue weighted by Gasteiger charge is 2.28. The molecule has 3 heterocycles. The second-order valence-corrected chi connectivity index (χ2v) is 8.90. The molecule has 1 aromatic carbocycles. The number of nitrogens with zero attached hydrogens (tertiary/aromatic N) is 5. The van der Waals surface area contributed by atoms with Crippen LogP contribution in [0.5, 0.6) is 0 Å². The van der Waals surface area contributed by atoms with Gasteiger partial charge in [-0.1, -0.05) is 36.4 Å². The maximum absolute atomic E-state index is 13.4. The van der Waals surface area contributed by atoms with E-state index in [1.807, 2.05) is 37.5 Å². The van der Waals surface area contributed by atoms with Crippen molar-refractivity contribution < 1.29 is 4.79 Å². The molecule has 1 amide bonds. The third-order valence-corrected chi connectivity index (χ3v) is 6.42. The number of rotatable bonds is 7. The fourth-order valence-electron chi connectivity index (χ4n) is 4.39. The molecule has 2 aromatic heterocycles. The van der Waals surface area contributed by atoms with Crippen molar-refractivity contribution in [3.63, 3.8) is 0 Å². The third-order valence-electron chi connectivity index (χ3n) is 6.42. The number of fused-ring (bicyclic) bond motifs is 1. The second kappa shape index (κ2) is 9.20. The molecule has 164 valence electrons. The molecule has 31 heavy (non-hydrogen) atoms. The van der Waals surface area contributed by atoms with Gasteiger partial charge in [0.05, 0.1) is 5.69 Å². The van der Waals surface area contributed by atoms with Crippen LogP contribution in [0.4, 0.5) is 0 Å². The number of amides is 1. The van der Waals surface area contributed by atoms with E-state index in [4.69, 9.17) is 4.98 Å². The van der Waals surface area contributed by atoms with Crippen molar-refractivity contribution >= 4 is 11.6 Å². The fourth-order valence-corrected chi connectivity index (χ4v) is 4.39. The Kier molecular flexibility index (Phi) is 6.39. The number of benzene rings is 1. The molecule has 0 saturated carbocycles. The summed E-state index contributed by atoms with van der Waals surface area (Å²) in [4.78, 5) is 24.8. The highest BCUT2D eigenvalue weighted by atomic mass is 16.2. The highest BCUT2D eigenvalue weighted by Crippen LogP contribution is 2.22. The van der Waals surface area contributed by atoms with Gasteiger partial charge in [-0.25, -0.2) is 4.98 Å². The summed E-state index contributed by atoms with van der Waals surface area (Å²) in [6.45, 7) is 5.52. The summed E-state index contributed by atoms with van der Waals surface area (Å²) in [5.41, 5.74) is 4.77. The molecule has 1 atom stereocenters. The van der Waals surface area contributed by atoms with Crippen molar-refractivity contribution in [1.82, 2.24) is 24.1 Å². The van der Waals surface area contributed by atoms with Gasteiger partial charge in [0.1, 0.15) is 5.65 Å². The van der Waals surface area contributed by atoms with Gasteiger partial charge >= 0.3 is 0 Å². The Hall–Kier alpha value is -2.70. The van der Waals surface area contributed by atoms with Crippen LogP contribution in [-0.4, -0.2) is 76.8 Å². The Labute approximate surface area is 185 Å². The lowest BCUT2D eigenvalue weighted by atomic mass is 10.1. The first-order chi connectivity index (χ1) is 14.9. The van der Waals surface area contributed by atoms with E-state index in [0.717, 1.165) is 49.4 Å². The van der Waals surface area contributed by atoms with Gasteiger partial charge in [-0.2, -0.15) is 0 Å². The SMILES string of the molecule is Cc1cccn2c(CN3CC[C@@H](N(C)C)C3)c(C(=O)N(C)CCc3ccccc3)nc12. The fraction of sp³-hybridized carbons (Fsp3) is 0.440. The Bertz CT molecular complexity index is 1040. The predicted molar refractivity (Wildman–Crippen MR) is 124 cm³/mol. The van der Waals surface area contributed by atoms with Gasteiger partial charge in [0, 0.05) is 45.5 Å². The van der Waals surface area contributed by atoms with Crippen LogP contribution < -0.4 is 0 Å². The monoisotopic (exact) mass is 419 g/mol. The molecule has 1 aliphatic rings. The minimum atomic E-state index is -0.00242. The summed E-state index contributed by atoms with van der Waals surface area (Å²) < 4.78 is 2.11. The van der Waals surface area contributed by atoms with Crippen LogP contribution in [0.1, 0.15) is 33.7 Å². The zero-order valence-electron chi connectivity index (χ0n) is 19.1. The first-order valence-electron chi connectivity index (χ1n) is 11.1. The third kappa shape index (κ3) is 4.65. The molecule has 1 fully saturated rings. The van der Waals surface area contributed by atoms with E-state index in [2.05, 4.69) is 53.4 Å². The predicted octanol–water partition coefficient (Wildman–Crippen LogP) is 3.09. The molecule has 4 rings (SSSR count). The smallest absolute Gasteiger partial charge is 0.274 e. The minimum absolute atomic E-state index is 0.00242. The van der Waals surface area contributed by atoms with E-state index >= 15 is 0 Å². The van der Waals surface area contributed by atoms with Gasteiger partial charge in [-0.15, -0.1) is 0 Å². The first-order valence-corrected chi connectivity index (χ1v) is 11.1. The largest absolute Gasteiger partial charge is 0.340 e. The Morgan fingerprint density at radius 2 is 1.90 bits per heavy atom. The average Bonchev–Trinajstić information content (AvgIpc) is 3.39. The quantitative estimate of drug-likeness (QED) is 0.590. The number of hydrogen-bond donors (Lipinski definition) is 0. The molecule has 6 nitrogen and oxygen atoms in total. The van der Waals surface area contributed by atoms with Crippen molar-refractivity contribution in [2.45, 2.75) is 32.4 Å². The molecular weight excluding hydrogens is 386 g/mol. The van der Waals surface area contributed by atoms with Gasteiger partial charge in [-0.3, -0.25) is 9.69 Å².